The Morgan fingerprint density at radius 1 is 1.12 bits per heavy atom. The SMILES string of the molecule is Cc1c(C#N)c(C2CCCCC2)c(C)n1C. The zero-order chi connectivity index (χ0) is 11.7. The molecule has 2 heteroatoms. The molecule has 1 aromatic heterocycles. The lowest BCUT2D eigenvalue weighted by Gasteiger charge is -2.22. The summed E-state index contributed by atoms with van der Waals surface area (Å²) in [6.07, 6.45) is 6.53. The molecule has 1 fully saturated rings. The van der Waals surface area contributed by atoms with Crippen LogP contribution in [0.3, 0.4) is 0 Å². The van der Waals surface area contributed by atoms with Crippen LogP contribution in [-0.4, -0.2) is 4.57 Å². The first kappa shape index (κ1) is 11.3. The Labute approximate surface area is 97.9 Å². The molecular weight excluding hydrogens is 196 g/mol. The molecule has 86 valence electrons. The van der Waals surface area contributed by atoms with E-state index in [1.807, 2.05) is 0 Å². The minimum absolute atomic E-state index is 0.628. The molecule has 2 nitrogen and oxygen atoms in total. The molecule has 0 aliphatic heterocycles. The first-order valence-electron chi connectivity index (χ1n) is 6.22. The van der Waals surface area contributed by atoms with E-state index in [1.165, 1.54) is 43.4 Å². The second-order valence-corrected chi connectivity index (χ2v) is 4.97. The minimum atomic E-state index is 0.628. The fraction of sp³-hybridized carbons (Fsp3) is 0.643. The fourth-order valence-corrected chi connectivity index (χ4v) is 3.01. The molecule has 0 saturated heterocycles. The second kappa shape index (κ2) is 4.33. The lowest BCUT2D eigenvalue weighted by Crippen LogP contribution is -2.07. The number of hydrogen-bond acceptors (Lipinski definition) is 1. The standard InChI is InChI=1S/C14H20N2/c1-10-13(9-15)14(11(2)16(10)3)12-7-5-4-6-8-12/h12H,4-8H2,1-3H3. The number of nitriles is 1. The van der Waals surface area contributed by atoms with Crippen LogP contribution in [0.15, 0.2) is 0 Å². The van der Waals surface area contributed by atoms with Gasteiger partial charge in [0.15, 0.2) is 0 Å². The molecule has 1 heterocycles. The Hall–Kier alpha value is -1.23. The third-order valence-corrected chi connectivity index (χ3v) is 4.15. The highest BCUT2D eigenvalue weighted by atomic mass is 15.0. The van der Waals surface area contributed by atoms with Crippen molar-refractivity contribution in [2.75, 3.05) is 0 Å². The summed E-state index contributed by atoms with van der Waals surface area (Å²) >= 11 is 0. The molecule has 2 rings (SSSR count). The van der Waals surface area contributed by atoms with E-state index in [2.05, 4.69) is 31.5 Å². The molecule has 1 aliphatic carbocycles. The van der Waals surface area contributed by atoms with Crippen LogP contribution in [0, 0.1) is 25.2 Å². The van der Waals surface area contributed by atoms with Gasteiger partial charge < -0.3 is 4.57 Å². The molecule has 1 aliphatic rings. The third-order valence-electron chi connectivity index (χ3n) is 4.15. The molecule has 0 aromatic carbocycles. The highest BCUT2D eigenvalue weighted by Gasteiger charge is 2.24. The summed E-state index contributed by atoms with van der Waals surface area (Å²) in [6, 6.07) is 2.40. The van der Waals surface area contributed by atoms with Crippen LogP contribution in [0.5, 0.6) is 0 Å². The zero-order valence-corrected chi connectivity index (χ0v) is 10.5. The van der Waals surface area contributed by atoms with Crippen molar-refractivity contribution >= 4 is 0 Å². The van der Waals surface area contributed by atoms with Crippen molar-refractivity contribution in [2.24, 2.45) is 7.05 Å². The maximum atomic E-state index is 9.30. The van der Waals surface area contributed by atoms with Crippen LogP contribution in [0.4, 0.5) is 0 Å². The largest absolute Gasteiger partial charge is 0.351 e. The van der Waals surface area contributed by atoms with Crippen molar-refractivity contribution in [1.29, 1.82) is 5.26 Å². The van der Waals surface area contributed by atoms with Gasteiger partial charge in [-0.3, -0.25) is 0 Å². The molecule has 0 spiro atoms. The third kappa shape index (κ3) is 1.65. The van der Waals surface area contributed by atoms with Crippen molar-refractivity contribution in [3.8, 4) is 6.07 Å². The van der Waals surface area contributed by atoms with Gasteiger partial charge in [-0.1, -0.05) is 19.3 Å². The molecule has 1 aromatic rings. The average Bonchev–Trinajstić information content (AvgIpc) is 2.54. The quantitative estimate of drug-likeness (QED) is 0.705. The monoisotopic (exact) mass is 216 g/mol. The average molecular weight is 216 g/mol. The van der Waals surface area contributed by atoms with E-state index in [9.17, 15) is 5.26 Å². The van der Waals surface area contributed by atoms with Crippen LogP contribution in [0.25, 0.3) is 0 Å². The van der Waals surface area contributed by atoms with Crippen molar-refractivity contribution < 1.29 is 0 Å². The van der Waals surface area contributed by atoms with Crippen LogP contribution in [0.1, 0.15) is 60.5 Å². The summed E-state index contributed by atoms with van der Waals surface area (Å²) in [7, 11) is 2.07. The van der Waals surface area contributed by atoms with Gasteiger partial charge in [-0.15, -0.1) is 0 Å². The summed E-state index contributed by atoms with van der Waals surface area (Å²) < 4.78 is 2.17. The van der Waals surface area contributed by atoms with E-state index in [1.54, 1.807) is 0 Å². The van der Waals surface area contributed by atoms with Gasteiger partial charge in [-0.25, -0.2) is 0 Å². The van der Waals surface area contributed by atoms with Gasteiger partial charge >= 0.3 is 0 Å². The predicted octanol–water partition coefficient (Wildman–Crippen LogP) is 3.56. The number of aromatic nitrogens is 1. The first-order valence-corrected chi connectivity index (χ1v) is 6.22. The summed E-state index contributed by atoms with van der Waals surface area (Å²) in [5.41, 5.74) is 4.69. The Kier molecular flexibility index (Phi) is 3.05. The van der Waals surface area contributed by atoms with Gasteiger partial charge in [0.1, 0.15) is 6.07 Å². The Morgan fingerprint density at radius 3 is 2.31 bits per heavy atom. The normalized spacial score (nSPS) is 17.4. The molecule has 0 atom stereocenters. The van der Waals surface area contributed by atoms with Crippen molar-refractivity contribution in [3.63, 3.8) is 0 Å². The van der Waals surface area contributed by atoms with Crippen LogP contribution >= 0.6 is 0 Å². The van der Waals surface area contributed by atoms with Gasteiger partial charge in [0.05, 0.1) is 5.56 Å². The lowest BCUT2D eigenvalue weighted by atomic mass is 9.82. The van der Waals surface area contributed by atoms with Gasteiger partial charge in [0.25, 0.3) is 0 Å². The molecular formula is C14H20N2. The van der Waals surface area contributed by atoms with Gasteiger partial charge in [0, 0.05) is 18.4 Å². The van der Waals surface area contributed by atoms with E-state index in [0.29, 0.717) is 5.92 Å². The summed E-state index contributed by atoms with van der Waals surface area (Å²) in [4.78, 5) is 0. The number of rotatable bonds is 1. The second-order valence-electron chi connectivity index (χ2n) is 4.97. The molecule has 0 N–H and O–H groups in total. The fourth-order valence-electron chi connectivity index (χ4n) is 3.01. The minimum Gasteiger partial charge on any atom is -0.351 e. The Morgan fingerprint density at radius 2 is 1.75 bits per heavy atom. The topological polar surface area (TPSA) is 28.7 Å². The molecule has 0 amide bonds. The molecule has 0 bridgehead atoms. The van der Waals surface area contributed by atoms with E-state index in [-0.39, 0.29) is 0 Å². The van der Waals surface area contributed by atoms with Crippen molar-refractivity contribution in [3.05, 3.63) is 22.5 Å². The van der Waals surface area contributed by atoms with Gasteiger partial charge in [0.2, 0.25) is 0 Å². The summed E-state index contributed by atoms with van der Waals surface area (Å²) in [5, 5.41) is 9.30. The molecule has 16 heavy (non-hydrogen) atoms. The van der Waals surface area contributed by atoms with Crippen LogP contribution in [-0.2, 0) is 7.05 Å². The predicted molar refractivity (Wildman–Crippen MR) is 65.4 cm³/mol. The maximum absolute atomic E-state index is 9.30. The van der Waals surface area contributed by atoms with Crippen LogP contribution in [0.2, 0.25) is 0 Å². The smallest absolute Gasteiger partial charge is 0.101 e. The first-order chi connectivity index (χ1) is 7.66. The van der Waals surface area contributed by atoms with E-state index < -0.39 is 0 Å². The Balaban J connectivity index is 2.46. The zero-order valence-electron chi connectivity index (χ0n) is 10.5. The van der Waals surface area contributed by atoms with Crippen LogP contribution < -0.4 is 0 Å². The number of nitrogens with zero attached hydrogens (tertiary/aromatic N) is 2. The highest BCUT2D eigenvalue weighted by molar-refractivity contribution is 5.48. The number of hydrogen-bond donors (Lipinski definition) is 0. The van der Waals surface area contributed by atoms with E-state index in [0.717, 1.165) is 11.3 Å². The molecule has 0 radical (unpaired) electrons. The summed E-state index contributed by atoms with van der Waals surface area (Å²) in [5.74, 6) is 0.628. The van der Waals surface area contributed by atoms with Gasteiger partial charge in [-0.05, 0) is 38.2 Å². The van der Waals surface area contributed by atoms with Gasteiger partial charge in [-0.2, -0.15) is 5.26 Å². The lowest BCUT2D eigenvalue weighted by molar-refractivity contribution is 0.441. The Bertz CT molecular complexity index is 429. The highest BCUT2D eigenvalue weighted by Crippen LogP contribution is 2.37. The molecule has 0 unspecified atom stereocenters. The molecule has 1 saturated carbocycles. The maximum Gasteiger partial charge on any atom is 0.101 e. The van der Waals surface area contributed by atoms with Crippen molar-refractivity contribution in [1.82, 2.24) is 4.57 Å². The van der Waals surface area contributed by atoms with E-state index >= 15 is 0 Å². The van der Waals surface area contributed by atoms with E-state index in [4.69, 9.17) is 0 Å². The van der Waals surface area contributed by atoms with Crippen molar-refractivity contribution in [2.45, 2.75) is 51.9 Å². The summed E-state index contributed by atoms with van der Waals surface area (Å²) in [6.45, 7) is 4.20.